The van der Waals surface area contributed by atoms with Crippen molar-refractivity contribution in [1.29, 1.82) is 5.26 Å². The summed E-state index contributed by atoms with van der Waals surface area (Å²) in [6, 6.07) is 83.9. The summed E-state index contributed by atoms with van der Waals surface area (Å²) >= 11 is 0. The maximum absolute atomic E-state index is 10.2. The van der Waals surface area contributed by atoms with E-state index < -0.39 is 0 Å². The Labute approximate surface area is 384 Å². The summed E-state index contributed by atoms with van der Waals surface area (Å²) in [6.45, 7) is 2.15. The highest BCUT2D eigenvalue weighted by atomic mass is 15.2. The van der Waals surface area contributed by atoms with Crippen LogP contribution in [-0.2, 0) is 0 Å². The Bertz CT molecular complexity index is 3760. The lowest BCUT2D eigenvalue weighted by atomic mass is 9.44. The van der Waals surface area contributed by atoms with Crippen molar-refractivity contribution in [3.05, 3.63) is 236 Å². The molecular weight excluding hydrogens is 798 g/mol. The van der Waals surface area contributed by atoms with Crippen molar-refractivity contribution in [1.82, 2.24) is 4.48 Å². The van der Waals surface area contributed by atoms with Gasteiger partial charge in [0, 0.05) is 44.4 Å². The highest BCUT2D eigenvalue weighted by Gasteiger charge is 2.44. The average Bonchev–Trinajstić information content (AvgIpc) is 3.72. The fraction of sp³-hybridized carbons (Fsp3) is 0.0161. The SMILES string of the molecule is Cc1c(-c2cccc(C#N)c2)cc2c3c1-c1cc(-c4ccccc4)cc4c5cc(-c6ccccc6)ccc5n(c14)B3c1cc(-c3ccccc3)ccc1N2c1ccc(-c2ccccc2)cc1. The number of hydrogen-bond acceptors (Lipinski definition) is 2. The molecule has 0 amide bonds. The van der Waals surface area contributed by atoms with Gasteiger partial charge in [0.25, 0.3) is 0 Å². The Morgan fingerprint density at radius 2 is 0.970 bits per heavy atom. The first-order valence-corrected chi connectivity index (χ1v) is 22.7. The van der Waals surface area contributed by atoms with E-state index in [9.17, 15) is 5.26 Å². The van der Waals surface area contributed by atoms with E-state index >= 15 is 0 Å². The predicted molar refractivity (Wildman–Crippen MR) is 277 cm³/mol. The van der Waals surface area contributed by atoms with Crippen LogP contribution >= 0.6 is 0 Å². The number of benzene rings is 10. The Balaban J connectivity index is 1.18. The topological polar surface area (TPSA) is 32.0 Å². The molecule has 3 heterocycles. The lowest BCUT2D eigenvalue weighted by molar-refractivity contribution is 1.25. The van der Waals surface area contributed by atoms with Crippen LogP contribution in [0.2, 0.25) is 0 Å². The predicted octanol–water partition coefficient (Wildman–Crippen LogP) is 14.7. The lowest BCUT2D eigenvalue weighted by Gasteiger charge is -2.42. The first-order valence-electron chi connectivity index (χ1n) is 22.7. The van der Waals surface area contributed by atoms with Gasteiger partial charge in [-0.05, 0) is 145 Å². The first-order chi connectivity index (χ1) is 32.6. The summed E-state index contributed by atoms with van der Waals surface area (Å²) in [5.41, 5.74) is 24.3. The van der Waals surface area contributed by atoms with Gasteiger partial charge < -0.3 is 9.38 Å². The Morgan fingerprint density at radius 3 is 1.62 bits per heavy atom. The molecule has 1 aromatic heterocycles. The van der Waals surface area contributed by atoms with Gasteiger partial charge in [0.05, 0.1) is 11.6 Å². The molecule has 0 saturated carbocycles. The molecule has 66 heavy (non-hydrogen) atoms. The van der Waals surface area contributed by atoms with E-state index in [0.717, 1.165) is 28.2 Å². The van der Waals surface area contributed by atoms with E-state index in [4.69, 9.17) is 0 Å². The van der Waals surface area contributed by atoms with Crippen LogP contribution in [-0.4, -0.2) is 11.3 Å². The van der Waals surface area contributed by atoms with Gasteiger partial charge in [-0.25, -0.2) is 0 Å². The highest BCUT2D eigenvalue weighted by molar-refractivity contribution is 6.90. The second-order valence-electron chi connectivity index (χ2n) is 17.6. The van der Waals surface area contributed by atoms with Crippen molar-refractivity contribution < 1.29 is 0 Å². The average molecular weight is 838 g/mol. The van der Waals surface area contributed by atoms with Gasteiger partial charge >= 0.3 is 6.85 Å². The largest absolute Gasteiger partial charge is 0.375 e. The van der Waals surface area contributed by atoms with Crippen molar-refractivity contribution in [2.24, 2.45) is 0 Å². The van der Waals surface area contributed by atoms with Gasteiger partial charge in [-0.2, -0.15) is 5.26 Å². The number of nitriles is 1. The number of aromatic nitrogens is 1. The molecule has 0 saturated heterocycles. The van der Waals surface area contributed by atoms with Crippen LogP contribution < -0.4 is 15.8 Å². The molecule has 10 aromatic carbocycles. The lowest BCUT2D eigenvalue weighted by Crippen LogP contribution is -2.57. The fourth-order valence-electron chi connectivity index (χ4n) is 11.0. The molecule has 0 fully saturated rings. The van der Waals surface area contributed by atoms with E-state index in [1.54, 1.807) is 0 Å². The number of rotatable bonds is 6. The maximum Gasteiger partial charge on any atom is 0.333 e. The Kier molecular flexibility index (Phi) is 8.60. The minimum Gasteiger partial charge on any atom is -0.375 e. The molecule has 0 bridgehead atoms. The van der Waals surface area contributed by atoms with Gasteiger partial charge in [-0.3, -0.25) is 0 Å². The first kappa shape index (κ1) is 37.9. The molecule has 0 aliphatic carbocycles. The summed E-state index contributed by atoms with van der Waals surface area (Å²) in [5, 5.41) is 12.6. The summed E-state index contributed by atoms with van der Waals surface area (Å²) in [4.78, 5) is 2.49. The van der Waals surface area contributed by atoms with Crippen LogP contribution in [0.4, 0.5) is 17.1 Å². The van der Waals surface area contributed by atoms with Gasteiger partial charge in [-0.1, -0.05) is 164 Å². The Hall–Kier alpha value is -8.65. The van der Waals surface area contributed by atoms with Crippen LogP contribution in [0.15, 0.2) is 224 Å². The van der Waals surface area contributed by atoms with Crippen molar-refractivity contribution in [3.8, 4) is 72.8 Å². The quantitative estimate of drug-likeness (QED) is 0.156. The zero-order valence-electron chi connectivity index (χ0n) is 36.3. The van der Waals surface area contributed by atoms with E-state index in [0.29, 0.717) is 5.56 Å². The fourth-order valence-corrected chi connectivity index (χ4v) is 11.0. The van der Waals surface area contributed by atoms with E-state index in [1.807, 2.05) is 18.2 Å². The van der Waals surface area contributed by atoms with Crippen LogP contribution in [0, 0.1) is 18.3 Å². The van der Waals surface area contributed by atoms with E-state index in [1.165, 1.54) is 93.9 Å². The van der Waals surface area contributed by atoms with Crippen LogP contribution in [0.25, 0.3) is 88.6 Å². The summed E-state index contributed by atoms with van der Waals surface area (Å²) < 4.78 is 2.66. The van der Waals surface area contributed by atoms with Crippen LogP contribution in [0.5, 0.6) is 0 Å². The molecule has 306 valence electrons. The maximum atomic E-state index is 10.2. The molecule has 11 aromatic rings. The smallest absolute Gasteiger partial charge is 0.333 e. The molecule has 2 aliphatic rings. The van der Waals surface area contributed by atoms with Gasteiger partial charge in [-0.15, -0.1) is 0 Å². The second kappa shape index (κ2) is 15.0. The molecule has 3 nitrogen and oxygen atoms in total. The zero-order chi connectivity index (χ0) is 43.9. The number of fused-ring (bicyclic) bond motifs is 7. The second-order valence-corrected chi connectivity index (χ2v) is 17.6. The minimum atomic E-state index is -0.149. The van der Waals surface area contributed by atoms with Crippen molar-refractivity contribution in [3.63, 3.8) is 0 Å². The number of nitrogens with zero attached hydrogens (tertiary/aromatic N) is 3. The summed E-state index contributed by atoms with van der Waals surface area (Å²) in [6.07, 6.45) is 0. The molecule has 0 unspecified atom stereocenters. The molecule has 0 spiro atoms. The third kappa shape index (κ3) is 5.84. The van der Waals surface area contributed by atoms with Gasteiger partial charge in [0.2, 0.25) is 0 Å². The standard InChI is InChI=1S/C62H40BN3/c1-40-52(49-24-14-15-41(33-49)39-64)38-59-61-60(40)55-36-50(45-22-12-5-13-23-45)35-54-53-34-47(43-18-8-3-9-19-43)27-31-57(53)66(62(54)55)63(61)56-37-48(44-20-10-4-11-21-44)28-32-58(56)65(59)51-29-25-46(26-30-51)42-16-6-2-7-17-42/h2-38H,1H3. The summed E-state index contributed by atoms with van der Waals surface area (Å²) in [5.74, 6) is 0. The molecular formula is C62H40BN3. The third-order valence-corrected chi connectivity index (χ3v) is 14.0. The molecule has 13 rings (SSSR count). The third-order valence-electron chi connectivity index (χ3n) is 14.0. The zero-order valence-corrected chi connectivity index (χ0v) is 36.3. The monoisotopic (exact) mass is 837 g/mol. The molecule has 0 radical (unpaired) electrons. The van der Waals surface area contributed by atoms with Crippen molar-refractivity contribution >= 4 is 56.6 Å². The molecule has 0 N–H and O–H groups in total. The van der Waals surface area contributed by atoms with Crippen molar-refractivity contribution in [2.75, 3.05) is 4.90 Å². The van der Waals surface area contributed by atoms with E-state index in [2.05, 4.69) is 229 Å². The normalized spacial score (nSPS) is 12.2. The number of anilines is 3. The van der Waals surface area contributed by atoms with Crippen LogP contribution in [0.3, 0.4) is 0 Å². The molecule has 4 heteroatoms. The summed E-state index contributed by atoms with van der Waals surface area (Å²) in [7, 11) is 0. The highest BCUT2D eigenvalue weighted by Crippen LogP contribution is 2.50. The minimum absolute atomic E-state index is 0.149. The molecule has 2 aliphatic heterocycles. The molecule has 0 atom stereocenters. The van der Waals surface area contributed by atoms with Gasteiger partial charge in [0.1, 0.15) is 0 Å². The number of hydrogen-bond donors (Lipinski definition) is 0. The van der Waals surface area contributed by atoms with Gasteiger partial charge in [0.15, 0.2) is 0 Å². The van der Waals surface area contributed by atoms with Crippen molar-refractivity contribution in [2.45, 2.75) is 6.92 Å². The van der Waals surface area contributed by atoms with Crippen LogP contribution in [0.1, 0.15) is 11.1 Å². The Morgan fingerprint density at radius 1 is 0.424 bits per heavy atom. The van der Waals surface area contributed by atoms with E-state index in [-0.39, 0.29) is 6.85 Å².